The second kappa shape index (κ2) is 79.4. The molecule has 0 fully saturated rings. The molecule has 0 saturated carbocycles. The Bertz CT molecular complexity index is 98.1. The van der Waals surface area contributed by atoms with Gasteiger partial charge in [-0.05, 0) is 0 Å². The van der Waals surface area contributed by atoms with E-state index in [0.717, 1.165) is 0 Å². The summed E-state index contributed by atoms with van der Waals surface area (Å²) in [7, 11) is -6.26. The molecule has 0 bridgehead atoms. The zero-order valence-corrected chi connectivity index (χ0v) is 24.7. The molecule has 0 spiro atoms. The second-order valence-electron chi connectivity index (χ2n) is 0.565. The van der Waals surface area contributed by atoms with Gasteiger partial charge in [0, 0.05) is 0 Å². The van der Waals surface area contributed by atoms with Gasteiger partial charge in [0.15, 0.2) is 0 Å². The van der Waals surface area contributed by atoms with Crippen molar-refractivity contribution in [3.05, 3.63) is 0 Å². The van der Waals surface area contributed by atoms with Gasteiger partial charge in [0.1, 0.15) is 0 Å². The van der Waals surface area contributed by atoms with Gasteiger partial charge in [0.25, 0.3) is 0 Å². The van der Waals surface area contributed by atoms with Crippen molar-refractivity contribution < 1.29 is 117 Å². The van der Waals surface area contributed by atoms with Crippen LogP contribution < -0.4 is 88.7 Å². The second-order valence-corrected chi connectivity index (χ2v) is 1.70. The molecule has 0 aliphatic heterocycles. The van der Waals surface area contributed by atoms with Gasteiger partial charge < -0.3 is 73.2 Å². The average molecular weight is 434 g/mol. The standard InChI is InChI=1S/3Al.3Na.2H2O3Si.4S/c;;;;;;2*1-4(2)3;;;;/h;;;;;;2*1-2H;;;;/q3*+3;3*+1;;;4*-2. The van der Waals surface area contributed by atoms with E-state index in [4.69, 9.17) is 28.1 Å². The molecular weight excluding hydrogens is 430 g/mol. The maximum absolute atomic E-state index is 8.74. The van der Waals surface area contributed by atoms with Crippen molar-refractivity contribution in [3.8, 4) is 0 Å². The van der Waals surface area contributed by atoms with Crippen molar-refractivity contribution in [2.45, 2.75) is 0 Å². The zero-order valence-electron chi connectivity index (χ0n) is 9.97. The van der Waals surface area contributed by atoms with Gasteiger partial charge in [-0.2, -0.15) is 0 Å². The smallest absolute Gasteiger partial charge is 2.00 e. The monoisotopic (exact) mass is 434 g/mol. The molecule has 0 unspecified atom stereocenters. The van der Waals surface area contributed by atoms with Gasteiger partial charge in [-0.1, -0.05) is 0 Å². The van der Waals surface area contributed by atoms with Crippen molar-refractivity contribution in [1.29, 1.82) is 0 Å². The van der Waals surface area contributed by atoms with Crippen LogP contribution in [-0.2, 0) is 62.9 Å². The fourth-order valence-electron chi connectivity index (χ4n) is 0. The minimum absolute atomic E-state index is 0. The first-order valence-electron chi connectivity index (χ1n) is 1.30. The average Bonchev–Trinajstić information content (AvgIpc) is 1.25. The molecule has 0 aromatic rings. The Morgan fingerprint density at radius 1 is 0.500 bits per heavy atom. The normalized spacial score (nSPS) is 2.67. The third-order valence-corrected chi connectivity index (χ3v) is 0. The maximum Gasteiger partial charge on any atom is 3.00 e. The van der Waals surface area contributed by atoms with E-state index in [9.17, 15) is 0 Å². The largest absolute Gasteiger partial charge is 3.00 e. The van der Waals surface area contributed by atoms with E-state index >= 15 is 0 Å². The van der Waals surface area contributed by atoms with Gasteiger partial charge in [0.05, 0.1) is 0 Å². The summed E-state index contributed by atoms with van der Waals surface area (Å²) in [6.45, 7) is 0. The van der Waals surface area contributed by atoms with Crippen LogP contribution in [0.3, 0.4) is 0 Å². The summed E-state index contributed by atoms with van der Waals surface area (Å²) >= 11 is 0. The molecule has 0 heterocycles. The van der Waals surface area contributed by atoms with Crippen LogP contribution >= 0.6 is 0 Å². The van der Waals surface area contributed by atoms with E-state index in [1.54, 1.807) is 0 Å². The van der Waals surface area contributed by atoms with E-state index in [1.165, 1.54) is 0 Å². The molecule has 18 heteroatoms. The van der Waals surface area contributed by atoms with Gasteiger partial charge in [-0.25, -0.2) is 0 Å². The summed E-state index contributed by atoms with van der Waals surface area (Å²) < 4.78 is 17.5. The molecular formula is H4Al3Na3O6S4Si2+4. The third-order valence-electron chi connectivity index (χ3n) is 0. The summed E-state index contributed by atoms with van der Waals surface area (Å²) in [5.74, 6) is 0. The zero-order chi connectivity index (χ0) is 7.15. The number of hydrogen-bond donors (Lipinski definition) is 4. The molecule has 0 rings (SSSR count). The molecule has 0 aromatic heterocycles. The van der Waals surface area contributed by atoms with Crippen molar-refractivity contribution in [2.75, 3.05) is 0 Å². The molecule has 80 valence electrons. The first kappa shape index (κ1) is 91.0. The van der Waals surface area contributed by atoms with Crippen LogP contribution in [0.2, 0.25) is 0 Å². The van der Waals surface area contributed by atoms with E-state index < -0.39 is 18.3 Å². The Hall–Kier alpha value is 5.23. The molecule has 6 nitrogen and oxygen atoms in total. The van der Waals surface area contributed by atoms with Gasteiger partial charge in [-0.3, -0.25) is 8.92 Å². The molecule has 0 amide bonds. The molecule has 4 N–H and O–H groups in total. The predicted molar refractivity (Wildman–Crippen MR) is 68.5 cm³/mol. The Morgan fingerprint density at radius 2 is 0.500 bits per heavy atom. The first-order valence-corrected chi connectivity index (χ1v) is 3.91. The van der Waals surface area contributed by atoms with Crippen molar-refractivity contribution >= 4 is 124 Å². The van der Waals surface area contributed by atoms with Crippen LogP contribution in [0.4, 0.5) is 0 Å². The Labute approximate surface area is 236 Å². The summed E-state index contributed by atoms with van der Waals surface area (Å²) in [4.78, 5) is 28.6. The molecule has 0 radical (unpaired) electrons. The predicted octanol–water partition coefficient (Wildman–Crippen LogP) is -13.4. The van der Waals surface area contributed by atoms with E-state index in [1.807, 2.05) is 0 Å². The quantitative estimate of drug-likeness (QED) is 0.282. The minimum atomic E-state index is -3.13. The van der Waals surface area contributed by atoms with E-state index in [-0.39, 0.29) is 195 Å². The van der Waals surface area contributed by atoms with Crippen LogP contribution in [0.5, 0.6) is 0 Å². The Morgan fingerprint density at radius 3 is 0.500 bits per heavy atom. The summed E-state index contributed by atoms with van der Waals surface area (Å²) in [6, 6.07) is 0. The Balaban J connectivity index is -0.00000000257. The van der Waals surface area contributed by atoms with Crippen LogP contribution in [0, 0.1) is 0 Å². The summed E-state index contributed by atoms with van der Waals surface area (Å²) in [5.41, 5.74) is 0. The fourth-order valence-corrected chi connectivity index (χ4v) is 0. The first-order chi connectivity index (χ1) is 3.46. The van der Waals surface area contributed by atoms with Gasteiger partial charge in [-0.15, -0.1) is 0 Å². The Kier molecular flexibility index (Phi) is 402. The fraction of sp³-hybridized carbons (Fsp3) is 0. The summed E-state index contributed by atoms with van der Waals surface area (Å²) in [5, 5.41) is 0. The van der Waals surface area contributed by atoms with Crippen molar-refractivity contribution in [2.24, 2.45) is 0 Å². The summed E-state index contributed by atoms with van der Waals surface area (Å²) in [6.07, 6.45) is 0. The van der Waals surface area contributed by atoms with Crippen LogP contribution in [-0.4, -0.2) is 89.6 Å². The van der Waals surface area contributed by atoms with E-state index in [0.29, 0.717) is 0 Å². The maximum atomic E-state index is 8.74. The number of rotatable bonds is 0. The number of hydrogen-bond acceptors (Lipinski definition) is 2. The SMILES string of the molecule is O=[Si](O)O.O=[Si](O)O.[Al+3].[Al+3].[Al+3].[Na+].[Na+].[Na+].[S-2].[S-2].[S-2].[S-2]. The van der Waals surface area contributed by atoms with Gasteiger partial charge in [0.2, 0.25) is 0 Å². The third kappa shape index (κ3) is 318. The van der Waals surface area contributed by atoms with Gasteiger partial charge >= 0.3 is 159 Å². The molecule has 18 heavy (non-hydrogen) atoms. The topological polar surface area (TPSA) is 115 Å². The molecule has 0 saturated heterocycles. The van der Waals surface area contributed by atoms with E-state index in [2.05, 4.69) is 0 Å². The molecule has 0 atom stereocenters. The van der Waals surface area contributed by atoms with Crippen LogP contribution in [0.25, 0.3) is 0 Å². The molecule has 0 aromatic carbocycles. The molecule has 0 aliphatic carbocycles. The van der Waals surface area contributed by atoms with Crippen molar-refractivity contribution in [3.63, 3.8) is 0 Å². The van der Waals surface area contributed by atoms with Crippen LogP contribution in [0.1, 0.15) is 0 Å². The molecule has 0 aliphatic rings. The van der Waals surface area contributed by atoms with Crippen molar-refractivity contribution in [1.82, 2.24) is 0 Å². The minimum Gasteiger partial charge on any atom is -2.00 e. The van der Waals surface area contributed by atoms with Crippen LogP contribution in [0.15, 0.2) is 0 Å².